The molecule has 0 aliphatic rings. The summed E-state index contributed by atoms with van der Waals surface area (Å²) in [5, 5.41) is 8.73. The van der Waals surface area contributed by atoms with Crippen LogP contribution in [0.3, 0.4) is 0 Å². The van der Waals surface area contributed by atoms with Crippen molar-refractivity contribution in [1.29, 1.82) is 5.26 Å². The molecule has 2 rings (SSSR count). The van der Waals surface area contributed by atoms with Crippen LogP contribution in [0.2, 0.25) is 0 Å². The number of benzene rings is 2. The van der Waals surface area contributed by atoms with E-state index in [1.54, 1.807) is 6.07 Å². The molecule has 2 heteroatoms. The molecular weight excluding hydrogens is 273 g/mol. The number of nitrogens with zero attached hydrogens (tertiary/aromatic N) is 1. The van der Waals surface area contributed by atoms with E-state index in [9.17, 15) is 4.39 Å². The van der Waals surface area contributed by atoms with Crippen molar-refractivity contribution in [3.05, 3.63) is 76.6 Å². The van der Waals surface area contributed by atoms with Gasteiger partial charge in [0.15, 0.2) is 0 Å². The van der Waals surface area contributed by atoms with E-state index in [4.69, 9.17) is 5.26 Å². The Morgan fingerprint density at radius 3 is 2.36 bits per heavy atom. The van der Waals surface area contributed by atoms with Crippen molar-refractivity contribution in [2.24, 2.45) is 0 Å². The van der Waals surface area contributed by atoms with Gasteiger partial charge in [-0.25, -0.2) is 4.39 Å². The summed E-state index contributed by atoms with van der Waals surface area (Å²) in [6.07, 6.45) is 8.23. The zero-order valence-electron chi connectivity index (χ0n) is 12.8. The molecule has 0 atom stereocenters. The van der Waals surface area contributed by atoms with Crippen LogP contribution in [0.15, 0.2) is 48.5 Å². The maximum absolute atomic E-state index is 13.5. The van der Waals surface area contributed by atoms with E-state index >= 15 is 0 Å². The maximum atomic E-state index is 13.5. The minimum Gasteiger partial charge on any atom is -0.206 e. The van der Waals surface area contributed by atoms with Gasteiger partial charge >= 0.3 is 0 Å². The van der Waals surface area contributed by atoms with E-state index < -0.39 is 5.82 Å². The number of rotatable bonds is 6. The van der Waals surface area contributed by atoms with Crippen molar-refractivity contribution in [3.63, 3.8) is 0 Å². The van der Waals surface area contributed by atoms with Gasteiger partial charge in [-0.2, -0.15) is 5.26 Å². The first-order valence-electron chi connectivity index (χ1n) is 7.67. The summed E-state index contributed by atoms with van der Waals surface area (Å²) < 4.78 is 13.5. The molecule has 0 heterocycles. The summed E-state index contributed by atoms with van der Waals surface area (Å²) in [5.74, 6) is -0.434. The minimum atomic E-state index is -0.434. The lowest BCUT2D eigenvalue weighted by molar-refractivity contribution is 0.621. The summed E-state index contributed by atoms with van der Waals surface area (Å²) in [6, 6.07) is 15.1. The van der Waals surface area contributed by atoms with E-state index in [1.807, 2.05) is 12.1 Å². The van der Waals surface area contributed by atoms with Crippen LogP contribution in [-0.4, -0.2) is 0 Å². The predicted octanol–water partition coefficient (Wildman–Crippen LogP) is 5.30. The zero-order chi connectivity index (χ0) is 15.8. The van der Waals surface area contributed by atoms with Gasteiger partial charge in [-0.1, -0.05) is 55.8 Å². The number of nitriles is 1. The summed E-state index contributed by atoms with van der Waals surface area (Å²) in [5.41, 5.74) is 3.47. The molecule has 0 spiro atoms. The number of hydrogen-bond acceptors (Lipinski definition) is 1. The van der Waals surface area contributed by atoms with Gasteiger partial charge in [0.2, 0.25) is 0 Å². The Morgan fingerprint density at radius 2 is 1.73 bits per heavy atom. The second kappa shape index (κ2) is 8.14. The van der Waals surface area contributed by atoms with Crippen molar-refractivity contribution in [2.75, 3.05) is 0 Å². The van der Waals surface area contributed by atoms with Crippen molar-refractivity contribution >= 4 is 6.08 Å². The molecule has 1 nitrogen and oxygen atoms in total. The Balaban J connectivity index is 1.94. The van der Waals surface area contributed by atoms with Crippen molar-refractivity contribution in [3.8, 4) is 6.07 Å². The molecule has 112 valence electrons. The third kappa shape index (κ3) is 4.56. The van der Waals surface area contributed by atoms with Crippen LogP contribution in [0.1, 0.15) is 42.0 Å². The molecule has 0 aromatic heterocycles. The van der Waals surface area contributed by atoms with Crippen molar-refractivity contribution < 1.29 is 4.39 Å². The Bertz CT molecular complexity index is 678. The van der Waals surface area contributed by atoms with Crippen LogP contribution in [0.4, 0.5) is 4.39 Å². The molecule has 0 N–H and O–H groups in total. The van der Waals surface area contributed by atoms with E-state index in [2.05, 4.69) is 43.3 Å². The lowest BCUT2D eigenvalue weighted by Crippen LogP contribution is -1.94. The molecular formula is C20H20FN. The molecule has 0 radical (unpaired) electrons. The number of halogens is 1. The molecule has 0 fully saturated rings. The van der Waals surface area contributed by atoms with Crippen LogP contribution in [0.25, 0.3) is 6.08 Å². The van der Waals surface area contributed by atoms with E-state index in [0.29, 0.717) is 0 Å². The van der Waals surface area contributed by atoms with E-state index in [-0.39, 0.29) is 5.56 Å². The van der Waals surface area contributed by atoms with Crippen LogP contribution in [0, 0.1) is 17.1 Å². The number of allylic oxidation sites excluding steroid dienone is 1. The molecule has 0 aliphatic heterocycles. The second-order valence-corrected chi connectivity index (χ2v) is 5.36. The number of unbranched alkanes of at least 4 members (excludes halogenated alkanes) is 1. The van der Waals surface area contributed by atoms with Gasteiger partial charge in [0.05, 0.1) is 5.56 Å². The zero-order valence-corrected chi connectivity index (χ0v) is 12.8. The maximum Gasteiger partial charge on any atom is 0.141 e. The molecule has 0 amide bonds. The van der Waals surface area contributed by atoms with Crippen LogP contribution >= 0.6 is 0 Å². The average molecular weight is 293 g/mol. The molecule has 2 aromatic carbocycles. The fraction of sp³-hybridized carbons (Fsp3) is 0.250. The number of hydrogen-bond donors (Lipinski definition) is 0. The molecule has 0 unspecified atom stereocenters. The SMILES string of the molecule is CCC/C=C/c1ccc(CCc2ccc(C#N)c(F)c2)cc1. The smallest absolute Gasteiger partial charge is 0.141 e. The highest BCUT2D eigenvalue weighted by Crippen LogP contribution is 2.13. The minimum absolute atomic E-state index is 0.104. The van der Waals surface area contributed by atoms with Crippen LogP contribution in [-0.2, 0) is 12.8 Å². The average Bonchev–Trinajstić information content (AvgIpc) is 2.54. The Labute approximate surface area is 131 Å². The third-order valence-electron chi connectivity index (χ3n) is 3.60. The first-order chi connectivity index (χ1) is 10.7. The summed E-state index contributed by atoms with van der Waals surface area (Å²) in [7, 11) is 0. The summed E-state index contributed by atoms with van der Waals surface area (Å²) >= 11 is 0. The fourth-order valence-electron chi connectivity index (χ4n) is 2.27. The van der Waals surface area contributed by atoms with Gasteiger partial charge in [-0.15, -0.1) is 0 Å². The van der Waals surface area contributed by atoms with Crippen molar-refractivity contribution in [1.82, 2.24) is 0 Å². The normalized spacial score (nSPS) is 10.8. The highest BCUT2D eigenvalue weighted by atomic mass is 19.1. The van der Waals surface area contributed by atoms with Gasteiger partial charge in [0.25, 0.3) is 0 Å². The van der Waals surface area contributed by atoms with Gasteiger partial charge < -0.3 is 0 Å². The Hall–Kier alpha value is -2.40. The van der Waals surface area contributed by atoms with Gasteiger partial charge in [-0.3, -0.25) is 0 Å². The molecule has 0 saturated carbocycles. The van der Waals surface area contributed by atoms with Crippen LogP contribution < -0.4 is 0 Å². The topological polar surface area (TPSA) is 23.8 Å². The lowest BCUT2D eigenvalue weighted by Gasteiger charge is -2.04. The Kier molecular flexibility index (Phi) is 5.91. The third-order valence-corrected chi connectivity index (χ3v) is 3.60. The molecule has 22 heavy (non-hydrogen) atoms. The quantitative estimate of drug-likeness (QED) is 0.709. The molecule has 0 aliphatic carbocycles. The highest BCUT2D eigenvalue weighted by Gasteiger charge is 2.03. The second-order valence-electron chi connectivity index (χ2n) is 5.36. The first-order valence-corrected chi connectivity index (χ1v) is 7.67. The monoisotopic (exact) mass is 293 g/mol. The van der Waals surface area contributed by atoms with Crippen molar-refractivity contribution in [2.45, 2.75) is 32.6 Å². The van der Waals surface area contributed by atoms with Gasteiger partial charge in [0, 0.05) is 0 Å². The van der Waals surface area contributed by atoms with Gasteiger partial charge in [0.1, 0.15) is 11.9 Å². The largest absolute Gasteiger partial charge is 0.206 e. The lowest BCUT2D eigenvalue weighted by atomic mass is 10.0. The first kappa shape index (κ1) is 16.0. The molecule has 2 aromatic rings. The number of aryl methyl sites for hydroxylation is 2. The predicted molar refractivity (Wildman–Crippen MR) is 88.9 cm³/mol. The van der Waals surface area contributed by atoms with Gasteiger partial charge in [-0.05, 0) is 48.1 Å². The van der Waals surface area contributed by atoms with Crippen LogP contribution in [0.5, 0.6) is 0 Å². The van der Waals surface area contributed by atoms with E-state index in [1.165, 1.54) is 17.2 Å². The molecule has 0 bridgehead atoms. The summed E-state index contributed by atoms with van der Waals surface area (Å²) in [4.78, 5) is 0. The Morgan fingerprint density at radius 1 is 1.05 bits per heavy atom. The van der Waals surface area contributed by atoms with E-state index in [0.717, 1.165) is 31.2 Å². The fourth-order valence-corrected chi connectivity index (χ4v) is 2.27. The summed E-state index contributed by atoms with van der Waals surface area (Å²) in [6.45, 7) is 2.17. The standard InChI is InChI=1S/C20H20FN/c1-2-3-4-5-16-6-8-17(9-7-16)10-11-18-12-13-19(15-22)20(21)14-18/h4-9,12-14H,2-3,10-11H2,1H3/b5-4+. The highest BCUT2D eigenvalue weighted by molar-refractivity contribution is 5.49. The molecule has 0 saturated heterocycles.